The van der Waals surface area contributed by atoms with Crippen molar-refractivity contribution in [2.75, 3.05) is 31.6 Å². The van der Waals surface area contributed by atoms with Crippen LogP contribution in [0.25, 0.3) is 10.2 Å². The Labute approximate surface area is 154 Å². The molecule has 0 bridgehead atoms. The largest absolute Gasteiger partial charge is 0.378 e. The van der Waals surface area contributed by atoms with Crippen molar-refractivity contribution < 1.29 is 14.3 Å². The number of ether oxygens (including phenoxy) is 1. The number of rotatable bonds is 3. The molecule has 6 nitrogen and oxygen atoms in total. The zero-order valence-electron chi connectivity index (χ0n) is 14.0. The molecular formula is C19H17N3O3S. The van der Waals surface area contributed by atoms with Gasteiger partial charge in [-0.3, -0.25) is 9.59 Å². The monoisotopic (exact) mass is 367 g/mol. The van der Waals surface area contributed by atoms with Crippen molar-refractivity contribution in [3.05, 3.63) is 59.1 Å². The van der Waals surface area contributed by atoms with Gasteiger partial charge in [0.1, 0.15) is 0 Å². The number of fused-ring (bicyclic) bond motifs is 1. The second-order valence-corrected chi connectivity index (χ2v) is 6.86. The average Bonchev–Trinajstić information content (AvgIpc) is 3.16. The van der Waals surface area contributed by atoms with Gasteiger partial charge in [0.15, 0.2) is 0 Å². The summed E-state index contributed by atoms with van der Waals surface area (Å²) < 4.78 is 6.34. The Balaban J connectivity index is 1.45. The molecule has 0 saturated carbocycles. The van der Waals surface area contributed by atoms with Crippen molar-refractivity contribution in [1.29, 1.82) is 0 Å². The SMILES string of the molecule is O=C(Nc1ccc2scnc2c1)c1ccc(C(=O)N2CCOCC2)cc1. The molecule has 3 aromatic rings. The standard InChI is InChI=1S/C19H17N3O3S/c23-18(21-15-5-6-17-16(11-15)20-12-26-17)13-1-3-14(4-2-13)19(24)22-7-9-25-10-8-22/h1-6,11-12H,7-10H2,(H,21,23). The van der Waals surface area contributed by atoms with Crippen molar-refractivity contribution in [3.8, 4) is 0 Å². The maximum Gasteiger partial charge on any atom is 0.255 e. The third kappa shape index (κ3) is 3.44. The summed E-state index contributed by atoms with van der Waals surface area (Å²) in [4.78, 5) is 30.9. The van der Waals surface area contributed by atoms with E-state index in [1.54, 1.807) is 46.0 Å². The Bertz CT molecular complexity index is 946. The summed E-state index contributed by atoms with van der Waals surface area (Å²) in [5.41, 5.74) is 4.41. The number of morpholine rings is 1. The van der Waals surface area contributed by atoms with Gasteiger partial charge in [-0.25, -0.2) is 4.98 Å². The van der Waals surface area contributed by atoms with Crippen LogP contribution >= 0.6 is 11.3 Å². The molecular weight excluding hydrogens is 350 g/mol. The second-order valence-electron chi connectivity index (χ2n) is 5.97. The minimum Gasteiger partial charge on any atom is -0.378 e. The molecule has 4 rings (SSSR count). The Morgan fingerprint density at radius 1 is 1.04 bits per heavy atom. The molecule has 1 fully saturated rings. The zero-order chi connectivity index (χ0) is 17.9. The molecule has 0 aliphatic carbocycles. The van der Waals surface area contributed by atoms with E-state index >= 15 is 0 Å². The minimum absolute atomic E-state index is 0.0331. The van der Waals surface area contributed by atoms with Crippen LogP contribution in [0, 0.1) is 0 Å². The Morgan fingerprint density at radius 2 is 1.77 bits per heavy atom. The topological polar surface area (TPSA) is 71.5 Å². The number of carbonyl (C=O) groups is 2. The number of amides is 2. The van der Waals surface area contributed by atoms with Gasteiger partial charge in [0.2, 0.25) is 0 Å². The van der Waals surface area contributed by atoms with Crippen molar-refractivity contribution in [2.45, 2.75) is 0 Å². The highest BCUT2D eigenvalue weighted by Crippen LogP contribution is 2.22. The van der Waals surface area contributed by atoms with Gasteiger partial charge in [-0.1, -0.05) is 0 Å². The van der Waals surface area contributed by atoms with E-state index in [-0.39, 0.29) is 11.8 Å². The van der Waals surface area contributed by atoms with Crippen LogP contribution in [-0.4, -0.2) is 48.0 Å². The highest BCUT2D eigenvalue weighted by Gasteiger charge is 2.18. The van der Waals surface area contributed by atoms with E-state index in [1.807, 2.05) is 18.2 Å². The molecule has 1 aliphatic heterocycles. The molecule has 7 heteroatoms. The first kappa shape index (κ1) is 16.7. The fourth-order valence-corrected chi connectivity index (χ4v) is 3.51. The fourth-order valence-electron chi connectivity index (χ4n) is 2.85. The molecule has 2 heterocycles. The predicted molar refractivity (Wildman–Crippen MR) is 101 cm³/mol. The molecule has 1 aliphatic rings. The molecule has 132 valence electrons. The number of hydrogen-bond donors (Lipinski definition) is 1. The quantitative estimate of drug-likeness (QED) is 0.772. The van der Waals surface area contributed by atoms with Gasteiger partial charge in [-0.05, 0) is 42.5 Å². The summed E-state index contributed by atoms with van der Waals surface area (Å²) in [6.45, 7) is 2.32. The van der Waals surface area contributed by atoms with Crippen LogP contribution in [0.15, 0.2) is 48.0 Å². The van der Waals surface area contributed by atoms with Gasteiger partial charge < -0.3 is 15.0 Å². The Kier molecular flexibility index (Phi) is 4.64. The van der Waals surface area contributed by atoms with Crippen LogP contribution in [0.1, 0.15) is 20.7 Å². The normalized spacial score (nSPS) is 14.4. The van der Waals surface area contributed by atoms with Gasteiger partial charge in [-0.2, -0.15) is 0 Å². The molecule has 1 saturated heterocycles. The lowest BCUT2D eigenvalue weighted by molar-refractivity contribution is 0.0303. The van der Waals surface area contributed by atoms with Crippen LogP contribution in [0.2, 0.25) is 0 Å². The van der Waals surface area contributed by atoms with Gasteiger partial charge in [0.25, 0.3) is 11.8 Å². The van der Waals surface area contributed by atoms with Gasteiger partial charge >= 0.3 is 0 Å². The zero-order valence-corrected chi connectivity index (χ0v) is 14.8. The fraction of sp³-hybridized carbons (Fsp3) is 0.211. The minimum atomic E-state index is -0.218. The molecule has 26 heavy (non-hydrogen) atoms. The number of nitrogens with zero attached hydrogens (tertiary/aromatic N) is 2. The number of benzene rings is 2. The number of carbonyl (C=O) groups excluding carboxylic acids is 2. The van der Waals surface area contributed by atoms with E-state index in [0.29, 0.717) is 43.1 Å². The van der Waals surface area contributed by atoms with Crippen LogP contribution in [0.3, 0.4) is 0 Å². The van der Waals surface area contributed by atoms with E-state index in [0.717, 1.165) is 10.2 Å². The second kappa shape index (κ2) is 7.23. The maximum absolute atomic E-state index is 12.4. The summed E-state index contributed by atoms with van der Waals surface area (Å²) in [7, 11) is 0. The van der Waals surface area contributed by atoms with E-state index in [4.69, 9.17) is 4.74 Å². The Morgan fingerprint density at radius 3 is 2.54 bits per heavy atom. The summed E-state index contributed by atoms with van der Waals surface area (Å²) in [5.74, 6) is -0.251. The van der Waals surface area contributed by atoms with E-state index in [2.05, 4.69) is 10.3 Å². The first-order chi connectivity index (χ1) is 12.7. The lowest BCUT2D eigenvalue weighted by Gasteiger charge is -2.26. The lowest BCUT2D eigenvalue weighted by Crippen LogP contribution is -2.40. The maximum atomic E-state index is 12.4. The highest BCUT2D eigenvalue weighted by atomic mass is 32.1. The predicted octanol–water partition coefficient (Wildman–Crippen LogP) is 3.02. The number of nitrogens with one attached hydrogen (secondary N) is 1. The number of anilines is 1. The molecule has 1 aromatic heterocycles. The molecule has 2 amide bonds. The molecule has 0 unspecified atom stereocenters. The molecule has 1 N–H and O–H groups in total. The smallest absolute Gasteiger partial charge is 0.255 e. The number of thiazole rings is 1. The summed E-state index contributed by atoms with van der Waals surface area (Å²) >= 11 is 1.56. The highest BCUT2D eigenvalue weighted by molar-refractivity contribution is 7.16. The summed E-state index contributed by atoms with van der Waals surface area (Å²) in [6.07, 6.45) is 0. The van der Waals surface area contributed by atoms with Crippen LogP contribution in [0.4, 0.5) is 5.69 Å². The van der Waals surface area contributed by atoms with Gasteiger partial charge in [0.05, 0.1) is 28.9 Å². The van der Waals surface area contributed by atoms with Crippen molar-refractivity contribution >= 4 is 39.1 Å². The summed E-state index contributed by atoms with van der Waals surface area (Å²) in [5, 5.41) is 2.87. The van der Waals surface area contributed by atoms with Crippen LogP contribution in [-0.2, 0) is 4.74 Å². The van der Waals surface area contributed by atoms with Crippen molar-refractivity contribution in [2.24, 2.45) is 0 Å². The van der Waals surface area contributed by atoms with E-state index < -0.39 is 0 Å². The molecule has 2 aromatic carbocycles. The molecule has 0 spiro atoms. The molecule has 0 radical (unpaired) electrons. The third-order valence-corrected chi connectivity index (χ3v) is 5.09. The first-order valence-corrected chi connectivity index (χ1v) is 9.20. The van der Waals surface area contributed by atoms with Crippen LogP contribution < -0.4 is 5.32 Å². The van der Waals surface area contributed by atoms with Gasteiger partial charge in [-0.15, -0.1) is 11.3 Å². The third-order valence-electron chi connectivity index (χ3n) is 4.28. The van der Waals surface area contributed by atoms with E-state index in [9.17, 15) is 9.59 Å². The van der Waals surface area contributed by atoms with Crippen molar-refractivity contribution in [3.63, 3.8) is 0 Å². The van der Waals surface area contributed by atoms with E-state index in [1.165, 1.54) is 0 Å². The number of aromatic nitrogens is 1. The van der Waals surface area contributed by atoms with Gasteiger partial charge in [0, 0.05) is 29.9 Å². The lowest BCUT2D eigenvalue weighted by atomic mass is 10.1. The summed E-state index contributed by atoms with van der Waals surface area (Å²) in [6, 6.07) is 12.4. The average molecular weight is 367 g/mol. The Hall–Kier alpha value is -2.77. The van der Waals surface area contributed by atoms with Crippen molar-refractivity contribution in [1.82, 2.24) is 9.88 Å². The number of hydrogen-bond acceptors (Lipinski definition) is 5. The van der Waals surface area contributed by atoms with Crippen LogP contribution in [0.5, 0.6) is 0 Å². The molecule has 0 atom stereocenters. The first-order valence-electron chi connectivity index (χ1n) is 8.32.